The zero-order valence-corrected chi connectivity index (χ0v) is 18.6. The average molecular weight is 473 g/mol. The van der Waals surface area contributed by atoms with Crippen molar-refractivity contribution in [1.29, 1.82) is 0 Å². The van der Waals surface area contributed by atoms with Crippen LogP contribution in [0.15, 0.2) is 83.8 Å². The van der Waals surface area contributed by atoms with E-state index in [9.17, 15) is 13.2 Å². The number of fused-ring (bicyclic) bond motifs is 1. The van der Waals surface area contributed by atoms with Crippen LogP contribution in [-0.4, -0.2) is 40.1 Å². The summed E-state index contributed by atoms with van der Waals surface area (Å²) < 4.78 is 39.1. The minimum Gasteiger partial charge on any atom is -0.490 e. The monoisotopic (exact) mass is 472 g/mol. The summed E-state index contributed by atoms with van der Waals surface area (Å²) >= 11 is 6.05. The molecule has 1 amide bonds. The molecule has 1 atom stereocenters. The summed E-state index contributed by atoms with van der Waals surface area (Å²) in [6, 6.07) is 21.9. The van der Waals surface area contributed by atoms with Crippen LogP contribution in [-0.2, 0) is 14.8 Å². The van der Waals surface area contributed by atoms with Gasteiger partial charge in [-0.15, -0.1) is 0 Å². The molecule has 0 spiro atoms. The molecule has 166 valence electrons. The third kappa shape index (κ3) is 4.66. The first-order valence-corrected chi connectivity index (χ1v) is 11.8. The van der Waals surface area contributed by atoms with Crippen LogP contribution >= 0.6 is 11.6 Å². The molecule has 0 aliphatic carbocycles. The maximum Gasteiger partial charge on any atom is 0.264 e. The van der Waals surface area contributed by atoms with Crippen LogP contribution in [0.5, 0.6) is 11.5 Å². The van der Waals surface area contributed by atoms with E-state index in [2.05, 4.69) is 5.32 Å². The Morgan fingerprint density at radius 2 is 1.72 bits per heavy atom. The molecule has 1 aliphatic rings. The smallest absolute Gasteiger partial charge is 0.264 e. The molecule has 1 aliphatic heterocycles. The third-order valence-corrected chi connectivity index (χ3v) is 6.96. The van der Waals surface area contributed by atoms with E-state index in [1.54, 1.807) is 66.7 Å². The van der Waals surface area contributed by atoms with E-state index in [4.69, 9.17) is 21.1 Å². The number of anilines is 1. The van der Waals surface area contributed by atoms with E-state index in [0.717, 1.165) is 0 Å². The van der Waals surface area contributed by atoms with E-state index in [1.165, 1.54) is 16.4 Å². The number of para-hydroxylation sites is 3. The number of ether oxygens (including phenoxy) is 2. The molecule has 0 aromatic heterocycles. The van der Waals surface area contributed by atoms with Crippen molar-refractivity contribution >= 4 is 33.2 Å². The molecule has 1 N–H and O–H groups in total. The maximum atomic E-state index is 13.3. The zero-order valence-electron chi connectivity index (χ0n) is 17.0. The normalized spacial score (nSPS) is 15.4. The molecule has 0 saturated heterocycles. The first-order chi connectivity index (χ1) is 15.5. The Morgan fingerprint density at radius 3 is 2.50 bits per heavy atom. The highest BCUT2D eigenvalue weighted by atomic mass is 35.5. The number of halogens is 1. The van der Waals surface area contributed by atoms with Crippen LogP contribution < -0.4 is 19.1 Å². The lowest BCUT2D eigenvalue weighted by Gasteiger charge is -2.34. The number of sulfonamides is 1. The molecule has 32 heavy (non-hydrogen) atoms. The van der Waals surface area contributed by atoms with Gasteiger partial charge in [0.25, 0.3) is 15.9 Å². The second kappa shape index (κ2) is 9.50. The van der Waals surface area contributed by atoms with Crippen molar-refractivity contribution in [3.63, 3.8) is 0 Å². The van der Waals surface area contributed by atoms with Gasteiger partial charge in [-0.2, -0.15) is 0 Å². The van der Waals surface area contributed by atoms with Crippen molar-refractivity contribution in [2.75, 3.05) is 24.0 Å². The Balaban J connectivity index is 1.46. The Morgan fingerprint density at radius 1 is 1.03 bits per heavy atom. The van der Waals surface area contributed by atoms with Gasteiger partial charge in [-0.25, -0.2) is 8.42 Å². The van der Waals surface area contributed by atoms with Crippen molar-refractivity contribution < 1.29 is 22.7 Å². The molecule has 4 rings (SSSR count). The van der Waals surface area contributed by atoms with Gasteiger partial charge >= 0.3 is 0 Å². The SMILES string of the molecule is O=C(NCCOc1ccccc1Cl)C1CN(S(=O)(=O)c2ccccc2)c2ccccc2O1. The molecule has 1 heterocycles. The summed E-state index contributed by atoms with van der Waals surface area (Å²) in [5.74, 6) is 0.410. The van der Waals surface area contributed by atoms with Crippen molar-refractivity contribution in [3.8, 4) is 11.5 Å². The fraction of sp³-hybridized carbons (Fsp3) is 0.174. The van der Waals surface area contributed by atoms with Crippen LogP contribution in [0, 0.1) is 0 Å². The van der Waals surface area contributed by atoms with Gasteiger partial charge in [-0.1, -0.05) is 54.1 Å². The number of nitrogens with zero attached hydrogens (tertiary/aromatic N) is 1. The number of carbonyl (C=O) groups excluding carboxylic acids is 1. The van der Waals surface area contributed by atoms with Gasteiger partial charge in [0.05, 0.1) is 28.7 Å². The van der Waals surface area contributed by atoms with Crippen LogP contribution in [0.1, 0.15) is 0 Å². The van der Waals surface area contributed by atoms with Crippen LogP contribution in [0.2, 0.25) is 5.02 Å². The molecule has 3 aromatic rings. The van der Waals surface area contributed by atoms with Gasteiger partial charge in [0.15, 0.2) is 6.10 Å². The van der Waals surface area contributed by atoms with E-state index in [-0.39, 0.29) is 24.6 Å². The number of benzene rings is 3. The fourth-order valence-electron chi connectivity index (χ4n) is 3.30. The number of carbonyl (C=O) groups is 1. The summed E-state index contributed by atoms with van der Waals surface area (Å²) in [7, 11) is -3.87. The van der Waals surface area contributed by atoms with Crippen molar-refractivity contribution in [3.05, 3.63) is 83.9 Å². The lowest BCUT2D eigenvalue weighted by atomic mass is 10.2. The fourth-order valence-corrected chi connectivity index (χ4v) is 4.98. The number of rotatable bonds is 7. The summed E-state index contributed by atoms with van der Waals surface area (Å²) in [5, 5.41) is 3.21. The molecule has 9 heteroatoms. The van der Waals surface area contributed by atoms with Gasteiger partial charge in [0.2, 0.25) is 0 Å². The molecule has 7 nitrogen and oxygen atoms in total. The Hall–Kier alpha value is -3.23. The van der Waals surface area contributed by atoms with E-state index in [1.807, 2.05) is 0 Å². The zero-order chi connectivity index (χ0) is 22.6. The summed E-state index contributed by atoms with van der Waals surface area (Å²) in [6.45, 7) is 0.257. The highest BCUT2D eigenvalue weighted by molar-refractivity contribution is 7.92. The average Bonchev–Trinajstić information content (AvgIpc) is 2.82. The lowest BCUT2D eigenvalue weighted by Crippen LogP contribution is -2.51. The second-order valence-corrected chi connectivity index (χ2v) is 9.26. The van der Waals surface area contributed by atoms with Gasteiger partial charge in [0, 0.05) is 0 Å². The number of nitrogens with one attached hydrogen (secondary N) is 1. The van der Waals surface area contributed by atoms with Gasteiger partial charge in [-0.05, 0) is 36.4 Å². The van der Waals surface area contributed by atoms with E-state index >= 15 is 0 Å². The standard InChI is InChI=1S/C23H21ClN2O5S/c24-18-10-4-6-12-20(18)30-15-14-25-23(27)22-16-26(19-11-5-7-13-21(19)31-22)32(28,29)17-8-2-1-3-9-17/h1-13,22H,14-16H2,(H,25,27). The summed E-state index contributed by atoms with van der Waals surface area (Å²) in [5.41, 5.74) is 0.391. The lowest BCUT2D eigenvalue weighted by molar-refractivity contribution is -0.127. The van der Waals surface area contributed by atoms with Gasteiger partial charge in [-0.3, -0.25) is 9.10 Å². The molecule has 0 saturated carbocycles. The Kier molecular flexibility index (Phi) is 6.53. The van der Waals surface area contributed by atoms with Crippen molar-refractivity contribution in [2.45, 2.75) is 11.0 Å². The third-order valence-electron chi connectivity index (χ3n) is 4.85. The van der Waals surface area contributed by atoms with E-state index in [0.29, 0.717) is 22.2 Å². The minimum absolute atomic E-state index is 0.143. The molecular formula is C23H21ClN2O5S. The topological polar surface area (TPSA) is 84.9 Å². The first-order valence-electron chi connectivity index (χ1n) is 9.95. The van der Waals surface area contributed by atoms with Crippen LogP contribution in [0.3, 0.4) is 0 Å². The Bertz CT molecular complexity index is 1200. The van der Waals surface area contributed by atoms with Crippen LogP contribution in [0.25, 0.3) is 0 Å². The quantitative estimate of drug-likeness (QED) is 0.532. The maximum absolute atomic E-state index is 13.3. The van der Waals surface area contributed by atoms with Crippen molar-refractivity contribution in [1.82, 2.24) is 5.32 Å². The van der Waals surface area contributed by atoms with Crippen LogP contribution in [0.4, 0.5) is 5.69 Å². The largest absolute Gasteiger partial charge is 0.490 e. The number of hydrogen-bond acceptors (Lipinski definition) is 5. The molecule has 0 radical (unpaired) electrons. The first kappa shape index (κ1) is 22.0. The number of hydrogen-bond donors (Lipinski definition) is 1. The highest BCUT2D eigenvalue weighted by Gasteiger charge is 2.37. The minimum atomic E-state index is -3.87. The Labute approximate surface area is 191 Å². The summed E-state index contributed by atoms with van der Waals surface area (Å²) in [6.07, 6.45) is -1.01. The van der Waals surface area contributed by atoms with Crippen molar-refractivity contribution in [2.24, 2.45) is 0 Å². The molecular weight excluding hydrogens is 452 g/mol. The molecule has 1 unspecified atom stereocenters. The highest BCUT2D eigenvalue weighted by Crippen LogP contribution is 2.36. The molecule has 0 fully saturated rings. The molecule has 0 bridgehead atoms. The van der Waals surface area contributed by atoms with E-state index < -0.39 is 22.0 Å². The summed E-state index contributed by atoms with van der Waals surface area (Å²) in [4.78, 5) is 12.9. The predicted molar refractivity (Wildman–Crippen MR) is 122 cm³/mol. The van der Waals surface area contributed by atoms with Gasteiger partial charge in [0.1, 0.15) is 18.1 Å². The van der Waals surface area contributed by atoms with Gasteiger partial charge < -0.3 is 14.8 Å². The predicted octanol–water partition coefficient (Wildman–Crippen LogP) is 3.49. The molecule has 3 aromatic carbocycles. The number of amides is 1. The second-order valence-electron chi connectivity index (χ2n) is 6.99.